The third kappa shape index (κ3) is 3.40. The van der Waals surface area contributed by atoms with Crippen LogP contribution < -0.4 is 4.90 Å². The summed E-state index contributed by atoms with van der Waals surface area (Å²) in [6, 6.07) is 5.99. The SMILES string of the molecule is CCN(CCOC)c1ccc(Cl)cc1C. The minimum Gasteiger partial charge on any atom is -0.383 e. The molecule has 0 bridgehead atoms. The number of anilines is 1. The van der Waals surface area contributed by atoms with Crippen LogP contribution in [0.15, 0.2) is 18.2 Å². The number of ether oxygens (including phenoxy) is 1. The van der Waals surface area contributed by atoms with E-state index in [1.54, 1.807) is 7.11 Å². The maximum Gasteiger partial charge on any atom is 0.0637 e. The van der Waals surface area contributed by atoms with Crippen LogP contribution in [0.25, 0.3) is 0 Å². The predicted molar refractivity (Wildman–Crippen MR) is 66.0 cm³/mol. The van der Waals surface area contributed by atoms with Gasteiger partial charge in [0.2, 0.25) is 0 Å². The van der Waals surface area contributed by atoms with Crippen LogP contribution in [0.3, 0.4) is 0 Å². The molecule has 0 N–H and O–H groups in total. The lowest BCUT2D eigenvalue weighted by Gasteiger charge is -2.24. The molecular weight excluding hydrogens is 210 g/mol. The fraction of sp³-hybridized carbons (Fsp3) is 0.500. The summed E-state index contributed by atoms with van der Waals surface area (Å²) < 4.78 is 5.09. The molecule has 0 heterocycles. The molecule has 0 fully saturated rings. The molecule has 1 rings (SSSR count). The van der Waals surface area contributed by atoms with Gasteiger partial charge in [-0.3, -0.25) is 0 Å². The van der Waals surface area contributed by atoms with Gasteiger partial charge in [0.15, 0.2) is 0 Å². The maximum atomic E-state index is 5.93. The summed E-state index contributed by atoms with van der Waals surface area (Å²) in [7, 11) is 1.72. The number of hydrogen-bond acceptors (Lipinski definition) is 2. The molecule has 0 aliphatic rings. The second-order valence-corrected chi connectivity index (χ2v) is 3.94. The summed E-state index contributed by atoms with van der Waals surface area (Å²) in [6.07, 6.45) is 0. The summed E-state index contributed by atoms with van der Waals surface area (Å²) >= 11 is 5.93. The number of benzene rings is 1. The van der Waals surface area contributed by atoms with Crippen molar-refractivity contribution in [2.24, 2.45) is 0 Å². The summed E-state index contributed by atoms with van der Waals surface area (Å²) in [5.74, 6) is 0. The van der Waals surface area contributed by atoms with Gasteiger partial charge in [0.25, 0.3) is 0 Å². The molecule has 0 atom stereocenters. The Labute approximate surface area is 96.8 Å². The fourth-order valence-electron chi connectivity index (χ4n) is 1.62. The third-order valence-corrected chi connectivity index (χ3v) is 2.68. The van der Waals surface area contributed by atoms with Gasteiger partial charge < -0.3 is 9.64 Å². The van der Waals surface area contributed by atoms with Crippen LogP contribution in [0.1, 0.15) is 12.5 Å². The summed E-state index contributed by atoms with van der Waals surface area (Å²) in [4.78, 5) is 2.29. The van der Waals surface area contributed by atoms with Crippen molar-refractivity contribution in [3.63, 3.8) is 0 Å². The zero-order chi connectivity index (χ0) is 11.3. The van der Waals surface area contributed by atoms with E-state index in [1.807, 2.05) is 12.1 Å². The van der Waals surface area contributed by atoms with E-state index in [4.69, 9.17) is 16.3 Å². The van der Waals surface area contributed by atoms with E-state index in [-0.39, 0.29) is 0 Å². The predicted octanol–water partition coefficient (Wildman–Crippen LogP) is 3.12. The van der Waals surface area contributed by atoms with E-state index in [0.29, 0.717) is 0 Å². The molecule has 0 amide bonds. The average Bonchev–Trinajstić information content (AvgIpc) is 2.21. The van der Waals surface area contributed by atoms with Gasteiger partial charge >= 0.3 is 0 Å². The van der Waals surface area contributed by atoms with Crippen LogP contribution in [0.2, 0.25) is 5.02 Å². The number of methoxy groups -OCH3 is 1. The summed E-state index contributed by atoms with van der Waals surface area (Å²) in [5, 5.41) is 0.791. The number of halogens is 1. The molecule has 2 nitrogen and oxygen atoms in total. The molecule has 0 saturated carbocycles. The van der Waals surface area contributed by atoms with E-state index in [1.165, 1.54) is 11.3 Å². The Morgan fingerprint density at radius 3 is 2.67 bits per heavy atom. The highest BCUT2D eigenvalue weighted by Gasteiger charge is 2.06. The first-order chi connectivity index (χ1) is 7.19. The molecule has 0 spiro atoms. The van der Waals surface area contributed by atoms with Crippen LogP contribution in [-0.2, 0) is 4.74 Å². The third-order valence-electron chi connectivity index (χ3n) is 2.45. The molecule has 3 heteroatoms. The maximum absolute atomic E-state index is 5.93. The molecule has 0 radical (unpaired) electrons. The molecule has 0 aliphatic heterocycles. The first-order valence-electron chi connectivity index (χ1n) is 5.19. The first kappa shape index (κ1) is 12.3. The number of rotatable bonds is 5. The number of hydrogen-bond donors (Lipinski definition) is 0. The lowest BCUT2D eigenvalue weighted by molar-refractivity contribution is 0.205. The van der Waals surface area contributed by atoms with Gasteiger partial charge in [-0.25, -0.2) is 0 Å². The van der Waals surface area contributed by atoms with E-state index in [2.05, 4.69) is 24.8 Å². The average molecular weight is 228 g/mol. The van der Waals surface area contributed by atoms with Crippen molar-refractivity contribution in [2.45, 2.75) is 13.8 Å². The van der Waals surface area contributed by atoms with Crippen molar-refractivity contribution < 1.29 is 4.74 Å². The van der Waals surface area contributed by atoms with Gasteiger partial charge in [0.1, 0.15) is 0 Å². The van der Waals surface area contributed by atoms with Crippen LogP contribution in [0.5, 0.6) is 0 Å². The fourth-order valence-corrected chi connectivity index (χ4v) is 1.85. The highest BCUT2D eigenvalue weighted by molar-refractivity contribution is 6.30. The lowest BCUT2D eigenvalue weighted by Crippen LogP contribution is -2.27. The molecule has 0 unspecified atom stereocenters. The second-order valence-electron chi connectivity index (χ2n) is 3.50. The zero-order valence-corrected chi connectivity index (χ0v) is 10.3. The van der Waals surface area contributed by atoms with Gasteiger partial charge in [0.05, 0.1) is 6.61 Å². The normalized spacial score (nSPS) is 10.4. The van der Waals surface area contributed by atoms with Crippen molar-refractivity contribution in [1.82, 2.24) is 0 Å². The first-order valence-corrected chi connectivity index (χ1v) is 5.57. The van der Waals surface area contributed by atoms with Crippen LogP contribution in [0.4, 0.5) is 5.69 Å². The molecule has 1 aromatic rings. The number of aryl methyl sites for hydroxylation is 1. The topological polar surface area (TPSA) is 12.5 Å². The van der Waals surface area contributed by atoms with E-state index >= 15 is 0 Å². The second kappa shape index (κ2) is 5.99. The minimum absolute atomic E-state index is 0.746. The van der Waals surface area contributed by atoms with Crippen molar-refractivity contribution in [2.75, 3.05) is 31.7 Å². The Balaban J connectivity index is 2.81. The zero-order valence-electron chi connectivity index (χ0n) is 9.59. The molecule has 0 saturated heterocycles. The lowest BCUT2D eigenvalue weighted by atomic mass is 10.2. The van der Waals surface area contributed by atoms with Gasteiger partial charge in [-0.15, -0.1) is 0 Å². The van der Waals surface area contributed by atoms with Crippen molar-refractivity contribution >= 4 is 17.3 Å². The summed E-state index contributed by atoms with van der Waals surface area (Å²) in [5.41, 5.74) is 2.44. The van der Waals surface area contributed by atoms with Gasteiger partial charge in [-0.05, 0) is 37.6 Å². The van der Waals surface area contributed by atoms with Crippen LogP contribution in [-0.4, -0.2) is 26.8 Å². The minimum atomic E-state index is 0.746. The number of nitrogens with zero attached hydrogens (tertiary/aromatic N) is 1. The molecular formula is C12H18ClNO. The molecule has 0 aromatic heterocycles. The van der Waals surface area contributed by atoms with Crippen molar-refractivity contribution in [1.29, 1.82) is 0 Å². The van der Waals surface area contributed by atoms with E-state index in [9.17, 15) is 0 Å². The van der Waals surface area contributed by atoms with E-state index in [0.717, 1.165) is 24.7 Å². The molecule has 0 aliphatic carbocycles. The smallest absolute Gasteiger partial charge is 0.0637 e. The molecule has 1 aromatic carbocycles. The molecule has 15 heavy (non-hydrogen) atoms. The largest absolute Gasteiger partial charge is 0.383 e. The highest BCUT2D eigenvalue weighted by atomic mass is 35.5. The molecule has 84 valence electrons. The standard InChI is InChI=1S/C12H18ClNO/c1-4-14(7-8-15-3)12-6-5-11(13)9-10(12)2/h5-6,9H,4,7-8H2,1-3H3. The van der Waals surface area contributed by atoms with Crippen molar-refractivity contribution in [3.8, 4) is 0 Å². The Morgan fingerprint density at radius 1 is 1.40 bits per heavy atom. The Morgan fingerprint density at radius 2 is 2.13 bits per heavy atom. The Bertz CT molecular complexity index is 314. The Hall–Kier alpha value is -0.730. The highest BCUT2D eigenvalue weighted by Crippen LogP contribution is 2.23. The van der Waals surface area contributed by atoms with Crippen LogP contribution >= 0.6 is 11.6 Å². The van der Waals surface area contributed by atoms with Crippen LogP contribution in [0, 0.1) is 6.92 Å². The summed E-state index contributed by atoms with van der Waals surface area (Å²) in [6.45, 7) is 6.86. The van der Waals surface area contributed by atoms with Gasteiger partial charge in [-0.1, -0.05) is 11.6 Å². The van der Waals surface area contributed by atoms with E-state index < -0.39 is 0 Å². The monoisotopic (exact) mass is 227 g/mol. The Kier molecular flexibility index (Phi) is 4.92. The van der Waals surface area contributed by atoms with Gasteiger partial charge in [-0.2, -0.15) is 0 Å². The van der Waals surface area contributed by atoms with Crippen molar-refractivity contribution in [3.05, 3.63) is 28.8 Å². The van der Waals surface area contributed by atoms with Gasteiger partial charge in [0, 0.05) is 30.9 Å². The number of likely N-dealkylation sites (N-methyl/N-ethyl adjacent to an activating group) is 1. The quantitative estimate of drug-likeness (QED) is 0.767.